The number of carbonyl (C=O) groups is 1. The molecule has 0 radical (unpaired) electrons. The lowest BCUT2D eigenvalue weighted by molar-refractivity contribution is 0.0930. The maximum absolute atomic E-state index is 13.7. The van der Waals surface area contributed by atoms with Crippen molar-refractivity contribution in [2.75, 3.05) is 13.2 Å². The number of nitrogens with two attached hydrogens (primary N) is 1. The second kappa shape index (κ2) is 12.3. The summed E-state index contributed by atoms with van der Waals surface area (Å²) in [5.74, 6) is 7.15. The number of aromatic nitrogens is 1. The van der Waals surface area contributed by atoms with Gasteiger partial charge in [-0.1, -0.05) is 44.0 Å². The average Bonchev–Trinajstić information content (AvgIpc) is 3.23. The van der Waals surface area contributed by atoms with E-state index in [0.29, 0.717) is 49.0 Å². The van der Waals surface area contributed by atoms with Crippen LogP contribution in [0.4, 0.5) is 5.69 Å². The number of fused-ring (bicyclic) bond motifs is 5. The molecule has 6 rings (SSSR count). The van der Waals surface area contributed by atoms with E-state index in [1.165, 1.54) is 41.4 Å². The highest BCUT2D eigenvalue weighted by atomic mass is 16.5. The number of phenolic OH excluding ortho intramolecular Hbond substituents is 1. The number of ether oxygens (including phenoxy) is 1. The van der Waals surface area contributed by atoms with E-state index >= 15 is 0 Å². The van der Waals surface area contributed by atoms with Crippen molar-refractivity contribution in [3.8, 4) is 22.8 Å². The SMILES string of the molecule is C=CN(N)C[C@H](Cc1ccc(N=O)cc1)NC(=O)c1ccc2c(C3CCCCC3)c3n(c2c1)CCOc1cc(O)ccc1-3. The second-order valence-corrected chi connectivity index (χ2v) is 11.5. The molecule has 43 heavy (non-hydrogen) atoms. The zero-order valence-electron chi connectivity index (χ0n) is 24.2. The number of nitrogens with zero attached hydrogens (tertiary/aromatic N) is 3. The third-order valence-corrected chi connectivity index (χ3v) is 8.70. The van der Waals surface area contributed by atoms with Crippen LogP contribution >= 0.6 is 0 Å². The molecule has 0 saturated heterocycles. The summed E-state index contributed by atoms with van der Waals surface area (Å²) in [5, 5.41) is 18.9. The Morgan fingerprint density at radius 2 is 1.93 bits per heavy atom. The van der Waals surface area contributed by atoms with E-state index in [2.05, 4.69) is 27.7 Å². The zero-order valence-corrected chi connectivity index (χ0v) is 24.2. The first-order chi connectivity index (χ1) is 20.9. The molecule has 1 atom stereocenters. The first kappa shape index (κ1) is 28.5. The van der Waals surface area contributed by atoms with Crippen LogP contribution in [0.5, 0.6) is 11.5 Å². The van der Waals surface area contributed by atoms with Gasteiger partial charge in [-0.25, -0.2) is 5.84 Å². The lowest BCUT2D eigenvalue weighted by Crippen LogP contribution is -2.45. The first-order valence-electron chi connectivity index (χ1n) is 14.9. The van der Waals surface area contributed by atoms with Gasteiger partial charge in [-0.3, -0.25) is 4.79 Å². The highest BCUT2D eigenvalue weighted by Crippen LogP contribution is 2.47. The Labute approximate surface area is 250 Å². The summed E-state index contributed by atoms with van der Waals surface area (Å²) in [6, 6.07) is 18.0. The van der Waals surface area contributed by atoms with Gasteiger partial charge in [0.2, 0.25) is 0 Å². The van der Waals surface area contributed by atoms with Crippen molar-refractivity contribution in [2.45, 2.75) is 57.0 Å². The summed E-state index contributed by atoms with van der Waals surface area (Å²) in [6.07, 6.45) is 7.96. The number of aromatic hydroxyl groups is 1. The molecular formula is C34H37N5O4. The summed E-state index contributed by atoms with van der Waals surface area (Å²) in [6.45, 7) is 5.19. The predicted octanol–water partition coefficient (Wildman–Crippen LogP) is 6.51. The number of amides is 1. The van der Waals surface area contributed by atoms with Crippen molar-refractivity contribution >= 4 is 22.5 Å². The van der Waals surface area contributed by atoms with Gasteiger partial charge in [0.25, 0.3) is 5.91 Å². The van der Waals surface area contributed by atoms with Crippen molar-refractivity contribution in [1.82, 2.24) is 14.9 Å². The van der Waals surface area contributed by atoms with Crippen LogP contribution in [-0.2, 0) is 13.0 Å². The highest BCUT2D eigenvalue weighted by Gasteiger charge is 2.30. The molecule has 1 aliphatic carbocycles. The van der Waals surface area contributed by atoms with Crippen molar-refractivity contribution in [3.05, 3.63) is 95.0 Å². The molecule has 0 unspecified atom stereocenters. The first-order valence-corrected chi connectivity index (χ1v) is 14.9. The average molecular weight is 580 g/mol. The fourth-order valence-electron chi connectivity index (χ4n) is 6.65. The maximum Gasteiger partial charge on any atom is 0.251 e. The molecule has 1 saturated carbocycles. The van der Waals surface area contributed by atoms with Crippen molar-refractivity contribution in [1.29, 1.82) is 0 Å². The number of nitrogens with one attached hydrogen (secondary N) is 1. The molecule has 222 valence electrons. The van der Waals surface area contributed by atoms with E-state index in [4.69, 9.17) is 10.6 Å². The van der Waals surface area contributed by atoms with Crippen LogP contribution in [0.1, 0.15) is 59.5 Å². The van der Waals surface area contributed by atoms with Crippen LogP contribution in [0.15, 0.2) is 78.6 Å². The van der Waals surface area contributed by atoms with Gasteiger partial charge in [0, 0.05) is 34.3 Å². The number of phenols is 1. The highest BCUT2D eigenvalue weighted by molar-refractivity contribution is 6.01. The number of nitroso groups, excluding NO2 is 1. The molecule has 4 aromatic rings. The Balaban J connectivity index is 1.37. The molecule has 1 aliphatic heterocycles. The number of hydrogen-bond donors (Lipinski definition) is 3. The van der Waals surface area contributed by atoms with Gasteiger partial charge in [0.1, 0.15) is 23.8 Å². The normalized spacial score (nSPS) is 15.5. The van der Waals surface area contributed by atoms with E-state index in [-0.39, 0.29) is 17.7 Å². The van der Waals surface area contributed by atoms with Crippen LogP contribution in [0.2, 0.25) is 0 Å². The zero-order chi connectivity index (χ0) is 29.9. The summed E-state index contributed by atoms with van der Waals surface area (Å²) in [5.41, 5.74) is 6.29. The monoisotopic (exact) mass is 579 g/mol. The molecule has 9 nitrogen and oxygen atoms in total. The summed E-state index contributed by atoms with van der Waals surface area (Å²) < 4.78 is 8.39. The minimum atomic E-state index is -0.309. The largest absolute Gasteiger partial charge is 0.508 e. The molecule has 0 spiro atoms. The minimum Gasteiger partial charge on any atom is -0.508 e. The van der Waals surface area contributed by atoms with Gasteiger partial charge < -0.3 is 24.7 Å². The van der Waals surface area contributed by atoms with Crippen molar-refractivity contribution in [2.24, 2.45) is 11.0 Å². The number of hydrazine groups is 1. The van der Waals surface area contributed by atoms with E-state index in [0.717, 1.165) is 35.2 Å². The molecule has 9 heteroatoms. The lowest BCUT2D eigenvalue weighted by Gasteiger charge is -2.24. The predicted molar refractivity (Wildman–Crippen MR) is 168 cm³/mol. The molecular weight excluding hydrogens is 542 g/mol. The van der Waals surface area contributed by atoms with E-state index in [1.807, 2.05) is 30.3 Å². The summed E-state index contributed by atoms with van der Waals surface area (Å²) in [4.78, 5) is 24.6. The van der Waals surface area contributed by atoms with E-state index in [9.17, 15) is 14.8 Å². The Morgan fingerprint density at radius 3 is 2.67 bits per heavy atom. The smallest absolute Gasteiger partial charge is 0.251 e. The van der Waals surface area contributed by atoms with Gasteiger partial charge in [0.05, 0.1) is 24.8 Å². The lowest BCUT2D eigenvalue weighted by atomic mass is 9.81. The Kier molecular flexibility index (Phi) is 8.16. The van der Waals surface area contributed by atoms with Crippen LogP contribution in [0, 0.1) is 4.91 Å². The van der Waals surface area contributed by atoms with Gasteiger partial charge in [0.15, 0.2) is 0 Å². The van der Waals surface area contributed by atoms with Crippen LogP contribution < -0.4 is 15.9 Å². The van der Waals surface area contributed by atoms with Gasteiger partial charge >= 0.3 is 0 Å². The van der Waals surface area contributed by atoms with Crippen LogP contribution in [-0.4, -0.2) is 39.8 Å². The number of benzene rings is 3. The minimum absolute atomic E-state index is 0.180. The van der Waals surface area contributed by atoms with Crippen molar-refractivity contribution < 1.29 is 14.6 Å². The third-order valence-electron chi connectivity index (χ3n) is 8.70. The number of rotatable bonds is 9. The number of hydrogen-bond acceptors (Lipinski definition) is 7. The fraction of sp³-hybridized carbons (Fsp3) is 0.324. The van der Waals surface area contributed by atoms with E-state index in [1.54, 1.807) is 24.3 Å². The Hall–Kier alpha value is -4.63. The molecule has 1 fully saturated rings. The summed E-state index contributed by atoms with van der Waals surface area (Å²) in [7, 11) is 0. The topological polar surface area (TPSA) is 122 Å². The maximum atomic E-state index is 13.7. The molecule has 4 N–H and O–H groups in total. The van der Waals surface area contributed by atoms with Gasteiger partial charge in [-0.05, 0) is 77.9 Å². The molecule has 2 heterocycles. The molecule has 0 bridgehead atoms. The molecule has 1 amide bonds. The van der Waals surface area contributed by atoms with Gasteiger partial charge in [-0.2, -0.15) is 0 Å². The molecule has 1 aromatic heterocycles. The van der Waals surface area contributed by atoms with Crippen molar-refractivity contribution in [3.63, 3.8) is 0 Å². The van der Waals surface area contributed by atoms with Gasteiger partial charge in [-0.15, -0.1) is 4.91 Å². The second-order valence-electron chi connectivity index (χ2n) is 11.5. The fourth-order valence-corrected chi connectivity index (χ4v) is 6.65. The number of carbonyl (C=O) groups excluding carboxylic acids is 1. The quantitative estimate of drug-likeness (QED) is 0.118. The standard InChI is InChI=1S/C34H37N5O4/c1-2-38(35)21-26(18-22-8-11-25(37-42)12-9-22)36-34(41)24-10-14-28-30(19-24)39-16-17-43-31-20-27(40)13-15-29(31)33(39)32(28)23-6-4-3-5-7-23/h2,8-15,19-20,23,26,40H,1,3-7,16-18,21,35H2,(H,36,41)/t26-/m0/s1. The van der Waals surface area contributed by atoms with Crippen LogP contribution in [0.25, 0.3) is 22.2 Å². The molecule has 3 aromatic carbocycles. The van der Waals surface area contributed by atoms with E-state index < -0.39 is 0 Å². The third kappa shape index (κ3) is 5.85. The summed E-state index contributed by atoms with van der Waals surface area (Å²) >= 11 is 0. The Morgan fingerprint density at radius 1 is 1.14 bits per heavy atom. The molecule has 2 aliphatic rings. The van der Waals surface area contributed by atoms with Crippen LogP contribution in [0.3, 0.4) is 0 Å². The Bertz CT molecular complexity index is 1660.